The number of anilines is 4. The van der Waals surface area contributed by atoms with Crippen LogP contribution in [0.4, 0.5) is 22.7 Å². The summed E-state index contributed by atoms with van der Waals surface area (Å²) in [5.74, 6) is 1.13. The van der Waals surface area contributed by atoms with Crippen LogP contribution in [-0.4, -0.2) is 9.55 Å². The second kappa shape index (κ2) is 16.6. The molecule has 0 spiro atoms. The van der Waals surface area contributed by atoms with E-state index in [1.54, 1.807) is 0 Å². The summed E-state index contributed by atoms with van der Waals surface area (Å²) in [4.78, 5) is 9.18. The standard InChI is InChI=1S/C57H41N4O.Pt/c1-38-32-39(2)56(40(3)33-38)43-28-31-55(58-36-43)61-51-25-11-10-22-49(51)50-30-29-46(35-54(50)61)62-45-21-14-20-44(34-45)59-37-60(53-27-13-12-26-52(53)59)57-47(41-16-6-4-7-17-41)23-15-24-48(57)42-18-8-5-9-19-42;/h4-33,36-37H,1-3H3;/q-3;/i28D,31D,36D;. The van der Waals surface area contributed by atoms with E-state index in [9.17, 15) is 2.74 Å². The van der Waals surface area contributed by atoms with Crippen molar-refractivity contribution in [2.45, 2.75) is 20.8 Å². The molecule has 3 heterocycles. The van der Waals surface area contributed by atoms with Crippen LogP contribution >= 0.6 is 0 Å². The predicted molar refractivity (Wildman–Crippen MR) is 255 cm³/mol. The van der Waals surface area contributed by atoms with Crippen LogP contribution in [-0.2, 0) is 21.1 Å². The maximum atomic E-state index is 9.35. The molecule has 1 aliphatic heterocycles. The SMILES string of the molecule is [2H]c1nc(-n2c3[c-]c(Oc4[c-]c(N5[CH-]N(c6c(-c7ccccc7)cccc6-c6ccccc6)c6ccccc65)ccc4)ccc3c3ccccc32)c([2H])c([2H])c1-c1c(C)cc(C)cc1C.[Pt]. The molecule has 0 saturated carbocycles. The minimum absolute atomic E-state index is 0. The maximum absolute atomic E-state index is 9.35. The van der Waals surface area contributed by atoms with E-state index >= 15 is 0 Å². The molecular weight excluding hydrogens is 952 g/mol. The number of hydrogen-bond acceptors (Lipinski definition) is 4. The third-order valence-corrected chi connectivity index (χ3v) is 11.6. The average molecular weight is 996 g/mol. The van der Waals surface area contributed by atoms with E-state index in [2.05, 4.69) is 120 Å². The van der Waals surface area contributed by atoms with Gasteiger partial charge in [-0.05, 0) is 84.3 Å². The Morgan fingerprint density at radius 2 is 1.19 bits per heavy atom. The summed E-state index contributed by atoms with van der Waals surface area (Å²) in [6.45, 7) is 8.12. The van der Waals surface area contributed by atoms with Gasteiger partial charge in [-0.15, -0.1) is 48.1 Å². The summed E-state index contributed by atoms with van der Waals surface area (Å²) >= 11 is 0. The first-order valence-corrected chi connectivity index (χ1v) is 20.7. The molecule has 308 valence electrons. The summed E-state index contributed by atoms with van der Waals surface area (Å²) in [6.07, 6.45) is -0.0560. The Kier molecular flexibility index (Phi) is 9.59. The molecule has 8 aromatic carbocycles. The zero-order chi connectivity index (χ0) is 44.3. The monoisotopic (exact) mass is 995 g/mol. The Bertz CT molecular complexity index is 3400. The Labute approximate surface area is 387 Å². The first-order chi connectivity index (χ1) is 31.7. The van der Waals surface area contributed by atoms with E-state index in [1.807, 2.05) is 104 Å². The van der Waals surface area contributed by atoms with Crippen molar-refractivity contribution in [2.75, 3.05) is 9.80 Å². The summed E-state index contributed by atoms with van der Waals surface area (Å²) in [7, 11) is 0. The van der Waals surface area contributed by atoms with Crippen molar-refractivity contribution in [1.82, 2.24) is 9.55 Å². The summed E-state index contributed by atoms with van der Waals surface area (Å²) in [5, 5.41) is 1.82. The number of pyridine rings is 1. The topological polar surface area (TPSA) is 33.5 Å². The number of nitrogens with zero attached hydrogens (tertiary/aromatic N) is 4. The van der Waals surface area contributed by atoms with Gasteiger partial charge in [0.25, 0.3) is 0 Å². The van der Waals surface area contributed by atoms with Crippen LogP contribution < -0.4 is 14.5 Å². The zero-order valence-corrected chi connectivity index (χ0v) is 37.0. The van der Waals surface area contributed by atoms with Gasteiger partial charge in [0, 0.05) is 78.0 Å². The Morgan fingerprint density at radius 1 is 0.571 bits per heavy atom. The molecule has 0 unspecified atom stereocenters. The van der Waals surface area contributed by atoms with Gasteiger partial charge in [-0.1, -0.05) is 132 Å². The first-order valence-electron chi connectivity index (χ1n) is 22.2. The molecule has 0 radical (unpaired) electrons. The molecule has 0 aliphatic carbocycles. The molecule has 5 nitrogen and oxygen atoms in total. The van der Waals surface area contributed by atoms with Gasteiger partial charge >= 0.3 is 0 Å². The molecule has 0 amide bonds. The fourth-order valence-corrected chi connectivity index (χ4v) is 8.98. The van der Waals surface area contributed by atoms with Crippen molar-refractivity contribution in [2.24, 2.45) is 0 Å². The molecule has 10 aromatic rings. The smallest absolute Gasteiger partial charge is 0.135 e. The van der Waals surface area contributed by atoms with Gasteiger partial charge in [-0.2, -0.15) is 12.1 Å². The van der Waals surface area contributed by atoms with Crippen LogP contribution in [0.5, 0.6) is 11.5 Å². The van der Waals surface area contributed by atoms with Crippen LogP contribution in [0.2, 0.25) is 0 Å². The van der Waals surface area contributed by atoms with Crippen molar-refractivity contribution in [3.8, 4) is 50.7 Å². The van der Waals surface area contributed by atoms with Gasteiger partial charge in [0.05, 0.1) is 4.11 Å². The molecule has 0 atom stereocenters. The number of ether oxygens (including phenoxy) is 1. The normalized spacial score (nSPS) is 12.8. The molecule has 0 bridgehead atoms. The quantitative estimate of drug-likeness (QED) is 0.142. The van der Waals surface area contributed by atoms with Gasteiger partial charge in [0.15, 0.2) is 0 Å². The van der Waals surface area contributed by atoms with Crippen molar-refractivity contribution in [3.05, 3.63) is 224 Å². The van der Waals surface area contributed by atoms with Gasteiger partial charge < -0.3 is 19.1 Å². The van der Waals surface area contributed by atoms with Crippen molar-refractivity contribution in [3.63, 3.8) is 0 Å². The molecule has 1 aliphatic rings. The number of benzene rings is 8. The van der Waals surface area contributed by atoms with E-state index in [-0.39, 0.29) is 45.1 Å². The minimum Gasteiger partial charge on any atom is -0.509 e. The van der Waals surface area contributed by atoms with Gasteiger partial charge in [0.1, 0.15) is 5.82 Å². The van der Waals surface area contributed by atoms with Crippen LogP contribution in [0.15, 0.2) is 188 Å². The van der Waals surface area contributed by atoms with Gasteiger partial charge in [0.2, 0.25) is 0 Å². The van der Waals surface area contributed by atoms with E-state index in [4.69, 9.17) is 11.1 Å². The number of hydrogen-bond donors (Lipinski definition) is 0. The molecule has 6 heteroatoms. The zero-order valence-electron chi connectivity index (χ0n) is 37.8. The second-order valence-electron chi connectivity index (χ2n) is 15.7. The Balaban J connectivity index is 0.00000511. The summed E-state index contributed by atoms with van der Waals surface area (Å²) < 4.78 is 36.2. The summed E-state index contributed by atoms with van der Waals surface area (Å²) in [6, 6.07) is 64.5. The predicted octanol–water partition coefficient (Wildman–Crippen LogP) is 14.9. The number of para-hydroxylation sites is 4. The third-order valence-electron chi connectivity index (χ3n) is 11.6. The second-order valence-corrected chi connectivity index (χ2v) is 15.7. The molecule has 0 fully saturated rings. The van der Waals surface area contributed by atoms with E-state index in [0.717, 1.165) is 83.5 Å². The molecule has 63 heavy (non-hydrogen) atoms. The van der Waals surface area contributed by atoms with Gasteiger partial charge in [-0.25, -0.2) is 4.98 Å². The molecule has 0 N–H and O–H groups in total. The first kappa shape index (κ1) is 36.5. The number of fused-ring (bicyclic) bond motifs is 4. The largest absolute Gasteiger partial charge is 0.509 e. The van der Waals surface area contributed by atoms with E-state index < -0.39 is 0 Å². The van der Waals surface area contributed by atoms with E-state index in [1.165, 1.54) is 0 Å². The van der Waals surface area contributed by atoms with Crippen LogP contribution in [0.1, 0.15) is 20.8 Å². The fourth-order valence-electron chi connectivity index (χ4n) is 8.98. The van der Waals surface area contributed by atoms with Gasteiger partial charge in [-0.3, -0.25) is 0 Å². The van der Waals surface area contributed by atoms with Crippen molar-refractivity contribution in [1.29, 1.82) is 0 Å². The number of aromatic nitrogens is 2. The van der Waals surface area contributed by atoms with Crippen molar-refractivity contribution >= 4 is 44.6 Å². The van der Waals surface area contributed by atoms with Crippen molar-refractivity contribution < 1.29 is 29.9 Å². The summed E-state index contributed by atoms with van der Waals surface area (Å²) in [5.41, 5.74) is 13.9. The maximum Gasteiger partial charge on any atom is 0.135 e. The van der Waals surface area contributed by atoms with E-state index in [0.29, 0.717) is 22.6 Å². The third kappa shape index (κ3) is 7.19. The Hall–Kier alpha value is -7.20. The molecular formula is C57H41N4OPt-3. The van der Waals surface area contributed by atoms with Crippen LogP contribution in [0.3, 0.4) is 0 Å². The number of rotatable bonds is 8. The van der Waals surface area contributed by atoms with Crippen LogP contribution in [0.25, 0.3) is 61.0 Å². The fraction of sp³-hybridized carbons (Fsp3) is 0.0526. The molecule has 0 saturated heterocycles. The minimum atomic E-state index is -0.0720. The number of aryl methyl sites for hydroxylation is 3. The van der Waals surface area contributed by atoms with Crippen LogP contribution in [0, 0.1) is 39.6 Å². The molecule has 11 rings (SSSR count). The Morgan fingerprint density at radius 3 is 1.90 bits per heavy atom. The molecule has 2 aromatic heterocycles. The average Bonchev–Trinajstić information content (AvgIpc) is 3.87.